The number of phenols is 2. The van der Waals surface area contributed by atoms with Crippen LogP contribution < -0.4 is 0 Å². The molecule has 0 heterocycles. The summed E-state index contributed by atoms with van der Waals surface area (Å²) >= 11 is 0. The quantitative estimate of drug-likeness (QED) is 0.113. The van der Waals surface area contributed by atoms with Crippen molar-refractivity contribution in [3.63, 3.8) is 0 Å². The van der Waals surface area contributed by atoms with Gasteiger partial charge in [0.1, 0.15) is 23.6 Å². The number of hydrogen-bond acceptors (Lipinski definition) is 4. The minimum atomic E-state index is -0.534. The van der Waals surface area contributed by atoms with Crippen molar-refractivity contribution in [2.45, 2.75) is 24.9 Å². The molecule has 4 heteroatoms. The van der Waals surface area contributed by atoms with E-state index in [9.17, 15) is 10.2 Å². The van der Waals surface area contributed by atoms with Crippen molar-refractivity contribution < 1.29 is 10.2 Å². The SMILES string of the molecule is Oc1c(C=NC(c2ccccc2)C(N=Cc2cc3ccccc3c(-c3c(Cc4ccccc4)ccc4ccccc34)c2O)c2ccccc2)cc2ccccc2c1-c1c(Cc2ccccc2)ccc2ccccc12. The van der Waals surface area contributed by atoms with Gasteiger partial charge in [-0.2, -0.15) is 0 Å². The van der Waals surface area contributed by atoms with Gasteiger partial charge in [-0.1, -0.05) is 243 Å². The summed E-state index contributed by atoms with van der Waals surface area (Å²) in [6.07, 6.45) is 5.06. The molecule has 0 aliphatic carbocycles. The summed E-state index contributed by atoms with van der Waals surface area (Å²) in [5.74, 6) is 0.330. The van der Waals surface area contributed by atoms with Crippen LogP contribution in [0, 0.1) is 0 Å². The van der Waals surface area contributed by atoms with Gasteiger partial charge in [-0.25, -0.2) is 0 Å². The molecule has 0 aliphatic heterocycles. The number of nitrogens with zero attached hydrogens (tertiary/aromatic N) is 2. The summed E-state index contributed by atoms with van der Waals surface area (Å²) in [5, 5.41) is 33.9. The van der Waals surface area contributed by atoms with Crippen LogP contribution in [0.5, 0.6) is 11.5 Å². The van der Waals surface area contributed by atoms with Gasteiger partial charge in [0.2, 0.25) is 0 Å². The molecule has 0 aliphatic rings. The number of phenolic OH excluding ortho intramolecular Hbond substituents is 2. The van der Waals surface area contributed by atoms with Crippen LogP contribution in [0.3, 0.4) is 0 Å². The van der Waals surface area contributed by atoms with Gasteiger partial charge in [-0.05, 0) is 113 Å². The molecule has 0 spiro atoms. The van der Waals surface area contributed by atoms with Gasteiger partial charge in [0.25, 0.3) is 0 Å². The van der Waals surface area contributed by atoms with Crippen LogP contribution in [-0.4, -0.2) is 22.6 Å². The molecule has 0 radical (unpaired) electrons. The first kappa shape index (κ1) is 45.7. The Morgan fingerprint density at radius 1 is 0.311 bits per heavy atom. The Kier molecular flexibility index (Phi) is 12.6. The zero-order valence-electron chi connectivity index (χ0n) is 40.8. The van der Waals surface area contributed by atoms with Gasteiger partial charge < -0.3 is 10.2 Å². The second-order valence-corrected chi connectivity index (χ2v) is 19.1. The van der Waals surface area contributed by atoms with Crippen LogP contribution >= 0.6 is 0 Å². The monoisotopic (exact) mass is 952 g/mol. The van der Waals surface area contributed by atoms with Crippen molar-refractivity contribution in [2.75, 3.05) is 0 Å². The van der Waals surface area contributed by atoms with E-state index < -0.39 is 12.1 Å². The van der Waals surface area contributed by atoms with E-state index in [0.717, 1.165) is 87.6 Å². The zero-order valence-corrected chi connectivity index (χ0v) is 40.8. The van der Waals surface area contributed by atoms with E-state index in [0.29, 0.717) is 24.0 Å². The molecule has 12 rings (SSSR count). The molecule has 2 unspecified atom stereocenters. The smallest absolute Gasteiger partial charge is 0.132 e. The van der Waals surface area contributed by atoms with E-state index in [2.05, 4.69) is 170 Å². The maximum absolute atomic E-state index is 12.8. The molecule has 12 aromatic carbocycles. The zero-order chi connectivity index (χ0) is 49.8. The highest BCUT2D eigenvalue weighted by molar-refractivity contribution is 6.13. The Morgan fingerprint density at radius 3 is 1.00 bits per heavy atom. The maximum Gasteiger partial charge on any atom is 0.132 e. The molecule has 0 saturated heterocycles. The molecule has 354 valence electrons. The van der Waals surface area contributed by atoms with Crippen LogP contribution in [0.2, 0.25) is 0 Å². The second kappa shape index (κ2) is 20.4. The van der Waals surface area contributed by atoms with Crippen LogP contribution in [0.15, 0.2) is 265 Å². The topological polar surface area (TPSA) is 65.2 Å². The van der Waals surface area contributed by atoms with Gasteiger partial charge in [0.05, 0.1) is 0 Å². The third kappa shape index (κ3) is 8.99. The summed E-state index contributed by atoms with van der Waals surface area (Å²) in [5.41, 5.74) is 11.3. The molecule has 2 atom stereocenters. The van der Waals surface area contributed by atoms with E-state index >= 15 is 0 Å². The number of hydrogen-bond donors (Lipinski definition) is 2. The molecule has 0 amide bonds. The summed E-state index contributed by atoms with van der Waals surface area (Å²) in [6, 6.07) is 86.7. The van der Waals surface area contributed by atoms with Crippen LogP contribution in [-0.2, 0) is 12.8 Å². The molecular formula is C70H52N2O2. The van der Waals surface area contributed by atoms with E-state index in [1.807, 2.05) is 97.4 Å². The second-order valence-electron chi connectivity index (χ2n) is 19.1. The predicted octanol–water partition coefficient (Wildman–Crippen LogP) is 17.2. The minimum Gasteiger partial charge on any atom is -0.507 e. The number of benzene rings is 12. The molecular weight excluding hydrogens is 901 g/mol. The fourth-order valence-corrected chi connectivity index (χ4v) is 10.9. The molecule has 2 N–H and O–H groups in total. The van der Waals surface area contributed by atoms with Crippen LogP contribution in [0.4, 0.5) is 0 Å². The van der Waals surface area contributed by atoms with Crippen LogP contribution in [0.25, 0.3) is 65.3 Å². The predicted molar refractivity (Wildman–Crippen MR) is 309 cm³/mol. The third-order valence-electron chi connectivity index (χ3n) is 14.4. The van der Waals surface area contributed by atoms with Gasteiger partial charge >= 0.3 is 0 Å². The first-order chi connectivity index (χ1) is 36.6. The fraction of sp³-hybridized carbons (Fsp3) is 0.0571. The molecule has 0 aromatic heterocycles. The van der Waals surface area contributed by atoms with Gasteiger partial charge in [0.15, 0.2) is 0 Å². The van der Waals surface area contributed by atoms with Gasteiger partial charge in [0, 0.05) is 34.7 Å². The summed E-state index contributed by atoms with van der Waals surface area (Å²) in [7, 11) is 0. The van der Waals surface area contributed by atoms with E-state index in [1.165, 1.54) is 11.1 Å². The number of aliphatic imine (C=N–C) groups is 2. The van der Waals surface area contributed by atoms with Crippen molar-refractivity contribution in [1.82, 2.24) is 0 Å². The maximum atomic E-state index is 12.8. The standard InChI is InChI=1S/C70H52N2O2/c73-69-57(43-53-31-15-19-35-61(53)65(69)63-55(41-47-21-5-1-6-22-47)39-37-49-25-13-17-33-59(49)63)45-71-67(51-27-9-3-10-28-51)68(52-29-11-4-12-30-52)72-46-58-44-54-32-16-20-36-62(54)66(70(58)74)64-56(42-48-23-7-2-8-24-48)40-38-50-26-14-18-34-60(50)64/h1-40,43-46,67-68,73-74H,41-42H2. The normalized spacial score (nSPS) is 12.6. The third-order valence-corrected chi connectivity index (χ3v) is 14.4. The lowest BCUT2D eigenvalue weighted by atomic mass is 9.86. The summed E-state index contributed by atoms with van der Waals surface area (Å²) < 4.78 is 0. The largest absolute Gasteiger partial charge is 0.507 e. The summed E-state index contributed by atoms with van der Waals surface area (Å²) in [6.45, 7) is 0. The fourth-order valence-electron chi connectivity index (χ4n) is 10.9. The summed E-state index contributed by atoms with van der Waals surface area (Å²) in [4.78, 5) is 10.9. The number of aromatic hydroxyl groups is 2. The average Bonchev–Trinajstić information content (AvgIpc) is 3.46. The molecule has 0 fully saturated rings. The lowest BCUT2D eigenvalue weighted by Gasteiger charge is -2.23. The van der Waals surface area contributed by atoms with Crippen molar-refractivity contribution in [3.05, 3.63) is 299 Å². The first-order valence-electron chi connectivity index (χ1n) is 25.3. The van der Waals surface area contributed by atoms with Crippen LogP contribution in [0.1, 0.15) is 56.6 Å². The Labute approximate surface area is 431 Å². The average molecular weight is 953 g/mol. The Hall–Kier alpha value is -9.38. The molecule has 0 bridgehead atoms. The Balaban J connectivity index is 1.02. The highest BCUT2D eigenvalue weighted by Gasteiger charge is 2.26. The van der Waals surface area contributed by atoms with E-state index in [1.54, 1.807) is 0 Å². The lowest BCUT2D eigenvalue weighted by Crippen LogP contribution is -2.09. The van der Waals surface area contributed by atoms with Crippen molar-refractivity contribution >= 4 is 55.5 Å². The van der Waals surface area contributed by atoms with Crippen molar-refractivity contribution in [3.8, 4) is 33.8 Å². The lowest BCUT2D eigenvalue weighted by molar-refractivity contribution is 0.476. The van der Waals surface area contributed by atoms with E-state index in [-0.39, 0.29) is 11.5 Å². The van der Waals surface area contributed by atoms with Gasteiger partial charge in [-0.15, -0.1) is 0 Å². The van der Waals surface area contributed by atoms with Gasteiger partial charge in [-0.3, -0.25) is 9.98 Å². The number of rotatable bonds is 13. The Morgan fingerprint density at radius 2 is 0.622 bits per heavy atom. The first-order valence-corrected chi connectivity index (χ1v) is 25.3. The molecule has 4 nitrogen and oxygen atoms in total. The minimum absolute atomic E-state index is 0.165. The highest BCUT2D eigenvalue weighted by Crippen LogP contribution is 2.47. The molecule has 0 saturated carbocycles. The van der Waals surface area contributed by atoms with Crippen molar-refractivity contribution in [2.24, 2.45) is 9.98 Å². The van der Waals surface area contributed by atoms with Crippen molar-refractivity contribution in [1.29, 1.82) is 0 Å². The highest BCUT2D eigenvalue weighted by atomic mass is 16.3. The molecule has 12 aromatic rings. The molecule has 74 heavy (non-hydrogen) atoms. The number of fused-ring (bicyclic) bond motifs is 4. The Bertz CT molecular complexity index is 3770. The van der Waals surface area contributed by atoms with E-state index in [4.69, 9.17) is 9.98 Å².